The number of hydrogen-bond donors (Lipinski definition) is 1. The minimum Gasteiger partial charge on any atom is -0.365 e. The number of rotatable bonds is 2. The van der Waals surface area contributed by atoms with Crippen molar-refractivity contribution in [1.29, 1.82) is 0 Å². The fourth-order valence-corrected chi connectivity index (χ4v) is 2.82. The molecule has 1 heterocycles. The van der Waals surface area contributed by atoms with Crippen molar-refractivity contribution >= 4 is 23.2 Å². The SMILES string of the molecule is O=C(c1ccccc1Cl)N1N=C(C(F)(F)F)CC1(O)c1ccc(F)cc1. The maximum Gasteiger partial charge on any atom is 0.431 e. The number of carbonyl (C=O) groups is 1. The van der Waals surface area contributed by atoms with Crippen LogP contribution in [0.2, 0.25) is 5.02 Å². The molecule has 1 unspecified atom stereocenters. The molecule has 4 nitrogen and oxygen atoms in total. The molecule has 0 bridgehead atoms. The number of hydrogen-bond acceptors (Lipinski definition) is 3. The van der Waals surface area contributed by atoms with Crippen molar-refractivity contribution in [2.45, 2.75) is 18.3 Å². The topological polar surface area (TPSA) is 52.9 Å². The smallest absolute Gasteiger partial charge is 0.365 e. The van der Waals surface area contributed by atoms with Crippen LogP contribution in [0, 0.1) is 5.82 Å². The molecule has 1 atom stereocenters. The Kier molecular flexibility index (Phi) is 4.49. The van der Waals surface area contributed by atoms with E-state index in [4.69, 9.17) is 11.6 Å². The van der Waals surface area contributed by atoms with E-state index < -0.39 is 35.8 Å². The molecule has 0 spiro atoms. The molecule has 9 heteroatoms. The van der Waals surface area contributed by atoms with Gasteiger partial charge >= 0.3 is 6.18 Å². The molecular weight excluding hydrogens is 376 g/mol. The van der Waals surface area contributed by atoms with Crippen molar-refractivity contribution in [3.8, 4) is 0 Å². The van der Waals surface area contributed by atoms with Gasteiger partial charge in [0.25, 0.3) is 5.91 Å². The zero-order chi connectivity index (χ0) is 19.1. The van der Waals surface area contributed by atoms with Crippen LogP contribution in [-0.2, 0) is 5.72 Å². The zero-order valence-corrected chi connectivity index (χ0v) is 13.7. The molecule has 1 amide bonds. The number of carbonyl (C=O) groups excluding carboxylic acids is 1. The number of halogens is 5. The molecule has 1 aliphatic heterocycles. The summed E-state index contributed by atoms with van der Waals surface area (Å²) in [6, 6.07) is 9.83. The van der Waals surface area contributed by atoms with Gasteiger partial charge in [0.1, 0.15) is 11.5 Å². The highest BCUT2D eigenvalue weighted by molar-refractivity contribution is 6.33. The van der Waals surface area contributed by atoms with Gasteiger partial charge in [0.05, 0.1) is 17.0 Å². The molecule has 1 aliphatic rings. The van der Waals surface area contributed by atoms with E-state index in [-0.39, 0.29) is 16.1 Å². The van der Waals surface area contributed by atoms with Gasteiger partial charge < -0.3 is 5.11 Å². The first-order chi connectivity index (χ1) is 12.1. The average molecular weight is 387 g/mol. The number of aliphatic hydroxyl groups is 1. The standard InChI is InChI=1S/C17H11ClF4N2O2/c18-13-4-2-1-3-12(13)15(25)24-16(26,9-14(23-24)17(20,21)22)10-5-7-11(19)8-6-10/h1-8,26H,9H2. The molecule has 0 aliphatic carbocycles. The molecule has 26 heavy (non-hydrogen) atoms. The molecule has 1 N–H and O–H groups in total. The van der Waals surface area contributed by atoms with Crippen molar-refractivity contribution < 1.29 is 27.5 Å². The Morgan fingerprint density at radius 2 is 1.77 bits per heavy atom. The average Bonchev–Trinajstić information content (AvgIpc) is 2.94. The summed E-state index contributed by atoms with van der Waals surface area (Å²) < 4.78 is 52.6. The Morgan fingerprint density at radius 1 is 1.15 bits per heavy atom. The van der Waals surface area contributed by atoms with Crippen LogP contribution in [0.1, 0.15) is 22.3 Å². The van der Waals surface area contributed by atoms with Gasteiger partial charge in [0.2, 0.25) is 0 Å². The summed E-state index contributed by atoms with van der Waals surface area (Å²) >= 11 is 5.93. The summed E-state index contributed by atoms with van der Waals surface area (Å²) in [5.74, 6) is -1.65. The lowest BCUT2D eigenvalue weighted by Crippen LogP contribution is -2.43. The Balaban J connectivity index is 2.10. The molecule has 0 aromatic heterocycles. The zero-order valence-electron chi connectivity index (χ0n) is 13.0. The third-order valence-electron chi connectivity index (χ3n) is 3.92. The largest absolute Gasteiger partial charge is 0.431 e. The third-order valence-corrected chi connectivity index (χ3v) is 4.25. The summed E-state index contributed by atoms with van der Waals surface area (Å²) in [6.07, 6.45) is -5.83. The molecule has 3 rings (SSSR count). The van der Waals surface area contributed by atoms with E-state index in [1.54, 1.807) is 6.07 Å². The van der Waals surface area contributed by atoms with Gasteiger partial charge in [-0.3, -0.25) is 4.79 Å². The van der Waals surface area contributed by atoms with Crippen molar-refractivity contribution in [3.63, 3.8) is 0 Å². The van der Waals surface area contributed by atoms with Crippen LogP contribution in [0.5, 0.6) is 0 Å². The van der Waals surface area contributed by atoms with Gasteiger partial charge in [0, 0.05) is 5.56 Å². The first-order valence-electron chi connectivity index (χ1n) is 7.35. The maximum absolute atomic E-state index is 13.1. The summed E-state index contributed by atoms with van der Waals surface area (Å²) in [5, 5.41) is 14.5. The van der Waals surface area contributed by atoms with Crippen molar-refractivity contribution in [1.82, 2.24) is 5.01 Å². The highest BCUT2D eigenvalue weighted by Gasteiger charge is 2.53. The Morgan fingerprint density at radius 3 is 2.35 bits per heavy atom. The number of amides is 1. The minimum atomic E-state index is -4.84. The second-order valence-electron chi connectivity index (χ2n) is 5.64. The third kappa shape index (κ3) is 3.17. The summed E-state index contributed by atoms with van der Waals surface area (Å²) in [7, 11) is 0. The van der Waals surface area contributed by atoms with Crippen molar-refractivity contribution in [2.24, 2.45) is 5.10 Å². The van der Waals surface area contributed by atoms with Crippen molar-refractivity contribution in [3.05, 3.63) is 70.5 Å². The van der Waals surface area contributed by atoms with Crippen LogP contribution >= 0.6 is 11.6 Å². The first-order valence-corrected chi connectivity index (χ1v) is 7.73. The van der Waals surface area contributed by atoms with E-state index in [1.807, 2.05) is 0 Å². The Bertz CT molecular complexity index is 883. The highest BCUT2D eigenvalue weighted by Crippen LogP contribution is 2.40. The van der Waals surface area contributed by atoms with Gasteiger partial charge in [-0.2, -0.15) is 23.3 Å². The Labute approximate surface area is 150 Å². The molecular formula is C17H11ClF4N2O2. The van der Waals surface area contributed by atoms with E-state index in [2.05, 4.69) is 5.10 Å². The van der Waals surface area contributed by atoms with Crippen LogP contribution in [0.15, 0.2) is 53.6 Å². The number of hydrazone groups is 1. The fourth-order valence-electron chi connectivity index (χ4n) is 2.61. The normalized spacial score (nSPS) is 20.2. The maximum atomic E-state index is 13.1. The second-order valence-corrected chi connectivity index (χ2v) is 6.05. The fraction of sp³-hybridized carbons (Fsp3) is 0.176. The first kappa shape index (κ1) is 18.3. The number of alkyl halides is 3. The van der Waals surface area contributed by atoms with E-state index in [0.717, 1.165) is 24.3 Å². The van der Waals surface area contributed by atoms with E-state index in [9.17, 15) is 27.5 Å². The van der Waals surface area contributed by atoms with Crippen LogP contribution in [0.4, 0.5) is 17.6 Å². The predicted octanol–water partition coefficient (Wildman–Crippen LogP) is 4.09. The highest BCUT2D eigenvalue weighted by atomic mass is 35.5. The second kappa shape index (κ2) is 6.37. The van der Waals surface area contributed by atoms with Gasteiger partial charge in [-0.05, 0) is 24.3 Å². The lowest BCUT2D eigenvalue weighted by Gasteiger charge is -2.31. The summed E-state index contributed by atoms with van der Waals surface area (Å²) in [6.45, 7) is 0. The number of nitrogens with zero attached hydrogens (tertiary/aromatic N) is 2. The van der Waals surface area contributed by atoms with Gasteiger partial charge in [-0.25, -0.2) is 4.39 Å². The van der Waals surface area contributed by atoms with Gasteiger partial charge in [0.15, 0.2) is 5.72 Å². The lowest BCUT2D eigenvalue weighted by molar-refractivity contribution is -0.0816. The quantitative estimate of drug-likeness (QED) is 0.790. The monoisotopic (exact) mass is 386 g/mol. The van der Waals surface area contributed by atoms with Gasteiger partial charge in [-0.15, -0.1) is 0 Å². The predicted molar refractivity (Wildman–Crippen MR) is 86.0 cm³/mol. The molecule has 0 fully saturated rings. The molecule has 0 radical (unpaired) electrons. The van der Waals surface area contributed by atoms with Crippen LogP contribution < -0.4 is 0 Å². The van der Waals surface area contributed by atoms with E-state index in [0.29, 0.717) is 5.01 Å². The summed E-state index contributed by atoms with van der Waals surface area (Å²) in [5.41, 5.74) is -3.98. The molecule has 2 aromatic carbocycles. The molecule has 0 saturated carbocycles. The lowest BCUT2D eigenvalue weighted by atomic mass is 9.96. The Hall–Kier alpha value is -2.45. The van der Waals surface area contributed by atoms with Crippen molar-refractivity contribution in [2.75, 3.05) is 0 Å². The number of benzene rings is 2. The minimum absolute atomic E-state index is 0.00499. The molecule has 2 aromatic rings. The summed E-state index contributed by atoms with van der Waals surface area (Å²) in [4.78, 5) is 12.7. The van der Waals surface area contributed by atoms with E-state index in [1.165, 1.54) is 18.2 Å². The molecule has 0 saturated heterocycles. The molecule has 136 valence electrons. The van der Waals surface area contributed by atoms with Crippen LogP contribution in [-0.4, -0.2) is 27.9 Å². The van der Waals surface area contributed by atoms with Gasteiger partial charge in [-0.1, -0.05) is 35.9 Å². The van der Waals surface area contributed by atoms with Crippen LogP contribution in [0.25, 0.3) is 0 Å². The van der Waals surface area contributed by atoms with Crippen LogP contribution in [0.3, 0.4) is 0 Å². The van der Waals surface area contributed by atoms with E-state index >= 15 is 0 Å².